The summed E-state index contributed by atoms with van der Waals surface area (Å²) in [4.78, 5) is 8.69. The van der Waals surface area contributed by atoms with Gasteiger partial charge in [-0.1, -0.05) is 28.6 Å². The molecule has 5 rings (SSSR count). The third kappa shape index (κ3) is 3.45. The molecule has 0 aliphatic carbocycles. The van der Waals surface area contributed by atoms with Gasteiger partial charge < -0.3 is 14.0 Å². The summed E-state index contributed by atoms with van der Waals surface area (Å²) < 4.78 is 18.0. The number of ether oxygens (including phenoxy) is 2. The number of benzene rings is 2. The van der Waals surface area contributed by atoms with Crippen LogP contribution in [0.1, 0.15) is 0 Å². The van der Waals surface area contributed by atoms with Gasteiger partial charge in [0.2, 0.25) is 5.82 Å². The molecule has 0 saturated carbocycles. The van der Waals surface area contributed by atoms with Gasteiger partial charge in [0.05, 0.1) is 25.5 Å². The molecule has 0 radical (unpaired) electrons. The highest BCUT2D eigenvalue weighted by molar-refractivity contribution is 5.76. The van der Waals surface area contributed by atoms with E-state index in [0.717, 1.165) is 16.9 Å². The highest BCUT2D eigenvalue weighted by Crippen LogP contribution is 2.35. The zero-order valence-corrected chi connectivity index (χ0v) is 17.3. The summed E-state index contributed by atoms with van der Waals surface area (Å²) in [6.07, 6.45) is 3.43. The molecule has 0 atom stereocenters. The molecule has 32 heavy (non-hydrogen) atoms. The molecule has 0 fully saturated rings. The van der Waals surface area contributed by atoms with Gasteiger partial charge in [-0.2, -0.15) is 4.98 Å². The number of rotatable bonds is 6. The highest BCUT2D eigenvalue weighted by Gasteiger charge is 2.23. The Morgan fingerprint density at radius 3 is 2.47 bits per heavy atom. The predicted octanol–water partition coefficient (Wildman–Crippen LogP) is 4.06. The van der Waals surface area contributed by atoms with Crippen LogP contribution in [-0.4, -0.2) is 44.3 Å². The van der Waals surface area contributed by atoms with Crippen LogP contribution >= 0.6 is 0 Å². The minimum absolute atomic E-state index is 0.300. The third-order valence-corrected chi connectivity index (χ3v) is 4.90. The van der Waals surface area contributed by atoms with Gasteiger partial charge in [0.15, 0.2) is 5.69 Å². The number of aromatic nitrogens is 6. The molecule has 0 unspecified atom stereocenters. The van der Waals surface area contributed by atoms with Crippen LogP contribution in [0.15, 0.2) is 77.6 Å². The fourth-order valence-electron chi connectivity index (χ4n) is 3.36. The molecule has 9 heteroatoms. The quantitative estimate of drug-likeness (QED) is 0.401. The Labute approximate surface area is 183 Å². The average molecular weight is 426 g/mol. The summed E-state index contributed by atoms with van der Waals surface area (Å²) in [5.41, 5.74) is 3.60. The average Bonchev–Trinajstić information content (AvgIpc) is 3.52. The van der Waals surface area contributed by atoms with Gasteiger partial charge in [-0.15, -0.1) is 5.10 Å². The predicted molar refractivity (Wildman–Crippen MR) is 116 cm³/mol. The molecule has 3 heterocycles. The van der Waals surface area contributed by atoms with Crippen molar-refractivity contribution in [3.63, 3.8) is 0 Å². The van der Waals surface area contributed by atoms with Gasteiger partial charge in [0.1, 0.15) is 17.2 Å². The summed E-state index contributed by atoms with van der Waals surface area (Å²) in [5, 5.41) is 12.9. The van der Waals surface area contributed by atoms with Crippen molar-refractivity contribution in [3.8, 4) is 51.4 Å². The Morgan fingerprint density at radius 2 is 1.72 bits per heavy atom. The second kappa shape index (κ2) is 8.31. The van der Waals surface area contributed by atoms with Crippen LogP contribution in [0.3, 0.4) is 0 Å². The van der Waals surface area contributed by atoms with Crippen molar-refractivity contribution < 1.29 is 14.0 Å². The number of hydrogen-bond acceptors (Lipinski definition) is 8. The molecule has 9 nitrogen and oxygen atoms in total. The topological polar surface area (TPSA) is 101 Å². The van der Waals surface area contributed by atoms with E-state index in [9.17, 15) is 0 Å². The second-order valence-electron chi connectivity index (χ2n) is 6.76. The fourth-order valence-corrected chi connectivity index (χ4v) is 3.36. The maximum Gasteiger partial charge on any atom is 0.262 e. The molecule has 0 saturated heterocycles. The van der Waals surface area contributed by atoms with Crippen LogP contribution < -0.4 is 9.47 Å². The number of para-hydroxylation sites is 1. The summed E-state index contributed by atoms with van der Waals surface area (Å²) in [6, 6.07) is 18.9. The maximum absolute atomic E-state index is 5.56. The maximum atomic E-state index is 5.56. The number of methoxy groups -OCH3 is 2. The van der Waals surface area contributed by atoms with Crippen molar-refractivity contribution in [3.05, 3.63) is 73.1 Å². The summed E-state index contributed by atoms with van der Waals surface area (Å²) >= 11 is 0. The molecule has 0 spiro atoms. The number of hydrogen-bond donors (Lipinski definition) is 0. The van der Waals surface area contributed by atoms with Gasteiger partial charge in [-0.3, -0.25) is 4.98 Å². The van der Waals surface area contributed by atoms with Crippen molar-refractivity contribution in [2.45, 2.75) is 0 Å². The molecular weight excluding hydrogens is 408 g/mol. The van der Waals surface area contributed by atoms with Crippen LogP contribution in [0, 0.1) is 0 Å². The normalized spacial score (nSPS) is 10.8. The number of pyridine rings is 1. The van der Waals surface area contributed by atoms with Gasteiger partial charge >= 0.3 is 0 Å². The van der Waals surface area contributed by atoms with Crippen molar-refractivity contribution in [1.29, 1.82) is 0 Å². The van der Waals surface area contributed by atoms with Crippen molar-refractivity contribution >= 4 is 0 Å². The van der Waals surface area contributed by atoms with Crippen LogP contribution in [0.5, 0.6) is 11.5 Å². The third-order valence-electron chi connectivity index (χ3n) is 4.90. The highest BCUT2D eigenvalue weighted by atomic mass is 16.5. The Bertz CT molecular complexity index is 1350. The lowest BCUT2D eigenvalue weighted by Gasteiger charge is -2.07. The Hall–Kier alpha value is -4.53. The smallest absolute Gasteiger partial charge is 0.262 e. The summed E-state index contributed by atoms with van der Waals surface area (Å²) in [5.74, 6) is 1.83. The zero-order chi connectivity index (χ0) is 21.9. The zero-order valence-electron chi connectivity index (χ0n) is 17.3. The fraction of sp³-hybridized carbons (Fsp3) is 0.0870. The van der Waals surface area contributed by atoms with Crippen LogP contribution in [0.4, 0.5) is 0 Å². The van der Waals surface area contributed by atoms with Crippen LogP contribution in [-0.2, 0) is 0 Å². The summed E-state index contributed by atoms with van der Waals surface area (Å²) in [7, 11) is 3.17. The van der Waals surface area contributed by atoms with Crippen molar-refractivity contribution in [1.82, 2.24) is 30.1 Å². The van der Waals surface area contributed by atoms with Crippen LogP contribution in [0.25, 0.3) is 39.9 Å². The van der Waals surface area contributed by atoms with Gasteiger partial charge in [0, 0.05) is 24.0 Å². The lowest BCUT2D eigenvalue weighted by atomic mass is 10.1. The first-order valence-corrected chi connectivity index (χ1v) is 9.76. The van der Waals surface area contributed by atoms with Crippen LogP contribution in [0.2, 0.25) is 0 Å². The first kappa shape index (κ1) is 19.4. The molecule has 0 aliphatic rings. The first-order chi connectivity index (χ1) is 15.8. The lowest BCUT2D eigenvalue weighted by Crippen LogP contribution is -1.99. The van der Waals surface area contributed by atoms with E-state index in [0.29, 0.717) is 34.5 Å². The van der Waals surface area contributed by atoms with E-state index in [1.807, 2.05) is 42.5 Å². The van der Waals surface area contributed by atoms with E-state index in [4.69, 9.17) is 14.0 Å². The first-order valence-electron chi connectivity index (χ1n) is 9.76. The van der Waals surface area contributed by atoms with E-state index >= 15 is 0 Å². The molecule has 3 aromatic heterocycles. The summed E-state index contributed by atoms with van der Waals surface area (Å²) in [6.45, 7) is 0. The van der Waals surface area contributed by atoms with Crippen molar-refractivity contribution in [2.75, 3.05) is 14.2 Å². The Balaban J connectivity index is 1.63. The minimum Gasteiger partial charge on any atom is -0.497 e. The molecular formula is C23H18N6O3. The van der Waals surface area contributed by atoms with E-state index in [2.05, 4.69) is 25.4 Å². The molecule has 5 aromatic rings. The van der Waals surface area contributed by atoms with Gasteiger partial charge in [-0.05, 0) is 36.4 Å². The second-order valence-corrected chi connectivity index (χ2v) is 6.76. The molecule has 0 bridgehead atoms. The molecule has 0 aliphatic heterocycles. The van der Waals surface area contributed by atoms with E-state index in [-0.39, 0.29) is 0 Å². The lowest BCUT2D eigenvalue weighted by molar-refractivity contribution is 0.391. The Morgan fingerprint density at radius 1 is 0.906 bits per heavy atom. The Kier molecular flexibility index (Phi) is 5.04. The largest absolute Gasteiger partial charge is 0.497 e. The van der Waals surface area contributed by atoms with E-state index < -0.39 is 0 Å². The molecule has 0 N–H and O–H groups in total. The van der Waals surface area contributed by atoms with Gasteiger partial charge in [-0.25, -0.2) is 4.68 Å². The molecule has 2 aromatic carbocycles. The van der Waals surface area contributed by atoms with Crippen molar-refractivity contribution in [2.24, 2.45) is 0 Å². The van der Waals surface area contributed by atoms with E-state index in [1.165, 1.54) is 0 Å². The number of nitrogens with zero attached hydrogens (tertiary/aromatic N) is 6. The molecule has 0 amide bonds. The molecule has 158 valence electrons. The minimum atomic E-state index is 0.300. The monoisotopic (exact) mass is 426 g/mol. The SMILES string of the molecule is COc1ccc(-c2nc(-c3nnn(-c4ccccc4)c3-c3ccncc3)no2)c(OC)c1. The standard InChI is InChI=1S/C23H18N6O3/c1-30-17-8-9-18(19(14-17)31-2)23-25-22(27-32-23)20-21(15-10-12-24-13-11-15)29(28-26-20)16-6-4-3-5-7-16/h3-14H,1-2H3. The van der Waals surface area contributed by atoms with Gasteiger partial charge in [0.25, 0.3) is 5.89 Å². The van der Waals surface area contributed by atoms with E-state index in [1.54, 1.807) is 49.5 Å².